The monoisotopic (exact) mass is 359 g/mol. The fraction of sp³-hybridized carbons (Fsp3) is 0.353. The highest BCUT2D eigenvalue weighted by Crippen LogP contribution is 2.37. The first-order chi connectivity index (χ1) is 11.7. The van der Waals surface area contributed by atoms with Gasteiger partial charge in [0.25, 0.3) is 5.91 Å². The smallest absolute Gasteiger partial charge is 0.399 e. The number of carbonyl (C=O) groups is 1. The van der Waals surface area contributed by atoms with E-state index in [1.54, 1.807) is 18.2 Å². The zero-order valence-electron chi connectivity index (χ0n) is 14.5. The van der Waals surface area contributed by atoms with E-state index in [9.17, 15) is 4.79 Å². The molecule has 1 aliphatic heterocycles. The molecular formula is C17H19BClN3O3. The van der Waals surface area contributed by atoms with Gasteiger partial charge in [0.2, 0.25) is 0 Å². The van der Waals surface area contributed by atoms with Crippen LogP contribution in [0.4, 0.5) is 5.69 Å². The highest BCUT2D eigenvalue weighted by Gasteiger charge is 2.52. The third-order valence-corrected chi connectivity index (χ3v) is 4.90. The molecule has 1 aromatic carbocycles. The van der Waals surface area contributed by atoms with Crippen molar-refractivity contribution in [3.05, 3.63) is 47.5 Å². The lowest BCUT2D eigenvalue weighted by Gasteiger charge is -2.32. The first kappa shape index (κ1) is 17.9. The van der Waals surface area contributed by atoms with Crippen LogP contribution < -0.4 is 10.8 Å². The predicted molar refractivity (Wildman–Crippen MR) is 97.2 cm³/mol. The maximum Gasteiger partial charge on any atom is 0.496 e. The quantitative estimate of drug-likeness (QED) is 0.853. The highest BCUT2D eigenvalue weighted by atomic mass is 35.5. The maximum atomic E-state index is 12.2. The Hall–Kier alpha value is -1.96. The van der Waals surface area contributed by atoms with Gasteiger partial charge in [-0.05, 0) is 45.9 Å². The number of anilines is 1. The van der Waals surface area contributed by atoms with E-state index in [4.69, 9.17) is 20.9 Å². The van der Waals surface area contributed by atoms with E-state index in [0.29, 0.717) is 16.2 Å². The van der Waals surface area contributed by atoms with Gasteiger partial charge in [-0.25, -0.2) is 4.98 Å². The number of halogens is 1. The van der Waals surface area contributed by atoms with Crippen molar-refractivity contribution >= 4 is 35.8 Å². The van der Waals surface area contributed by atoms with Gasteiger partial charge in [-0.1, -0.05) is 11.6 Å². The van der Waals surface area contributed by atoms with Gasteiger partial charge in [0, 0.05) is 28.6 Å². The molecule has 0 saturated carbocycles. The molecule has 1 aromatic heterocycles. The standard InChI is InChI=1S/C17H19BClN3O3/c1-16(2)17(3,4)25-18(24-16)12-9-11(5-6-13(12)19)22-15(23)14-10-20-7-8-21-14/h5-10H,1-4H3,(H,22,23). The van der Waals surface area contributed by atoms with Crippen LogP contribution in [0.2, 0.25) is 5.02 Å². The molecule has 2 aromatic rings. The summed E-state index contributed by atoms with van der Waals surface area (Å²) in [5.41, 5.74) is 0.524. The molecule has 0 atom stereocenters. The first-order valence-electron chi connectivity index (χ1n) is 7.92. The number of aromatic nitrogens is 2. The molecule has 8 heteroatoms. The van der Waals surface area contributed by atoms with Crippen molar-refractivity contribution in [1.82, 2.24) is 9.97 Å². The summed E-state index contributed by atoms with van der Waals surface area (Å²) in [5.74, 6) is -0.352. The van der Waals surface area contributed by atoms with Gasteiger partial charge < -0.3 is 14.6 Å². The van der Waals surface area contributed by atoms with Crippen LogP contribution >= 0.6 is 11.6 Å². The molecule has 130 valence electrons. The van der Waals surface area contributed by atoms with Gasteiger partial charge in [-0.3, -0.25) is 9.78 Å². The maximum absolute atomic E-state index is 12.2. The minimum atomic E-state index is -0.606. The lowest BCUT2D eigenvalue weighted by molar-refractivity contribution is 0.00578. The van der Waals surface area contributed by atoms with Crippen LogP contribution in [0.3, 0.4) is 0 Å². The SMILES string of the molecule is CC1(C)OB(c2cc(NC(=O)c3cnccn3)ccc2Cl)OC1(C)C. The molecule has 25 heavy (non-hydrogen) atoms. The average Bonchev–Trinajstić information content (AvgIpc) is 2.78. The molecule has 1 fully saturated rings. The lowest BCUT2D eigenvalue weighted by atomic mass is 9.79. The third kappa shape index (κ3) is 3.54. The molecule has 2 heterocycles. The van der Waals surface area contributed by atoms with E-state index in [-0.39, 0.29) is 11.6 Å². The van der Waals surface area contributed by atoms with Gasteiger partial charge in [-0.15, -0.1) is 0 Å². The number of rotatable bonds is 3. The number of hydrogen-bond donors (Lipinski definition) is 1. The van der Waals surface area contributed by atoms with Gasteiger partial charge >= 0.3 is 7.12 Å². The topological polar surface area (TPSA) is 73.3 Å². The molecular weight excluding hydrogens is 340 g/mol. The van der Waals surface area contributed by atoms with E-state index in [0.717, 1.165) is 0 Å². The second kappa shape index (κ2) is 6.40. The summed E-state index contributed by atoms with van der Waals surface area (Å²) in [7, 11) is -0.606. The van der Waals surface area contributed by atoms with E-state index in [2.05, 4.69) is 15.3 Å². The number of nitrogens with one attached hydrogen (secondary N) is 1. The second-order valence-electron chi connectivity index (χ2n) is 6.87. The third-order valence-electron chi connectivity index (χ3n) is 4.56. The largest absolute Gasteiger partial charge is 0.496 e. The van der Waals surface area contributed by atoms with E-state index >= 15 is 0 Å². The molecule has 3 rings (SSSR count). The van der Waals surface area contributed by atoms with Crippen LogP contribution in [-0.2, 0) is 9.31 Å². The number of hydrogen-bond acceptors (Lipinski definition) is 5. The summed E-state index contributed by atoms with van der Waals surface area (Å²) in [6.07, 6.45) is 4.38. The summed E-state index contributed by atoms with van der Waals surface area (Å²) in [6, 6.07) is 5.16. The van der Waals surface area contributed by atoms with E-state index in [1.165, 1.54) is 18.6 Å². The van der Waals surface area contributed by atoms with Gasteiger partial charge in [0.1, 0.15) is 5.69 Å². The van der Waals surface area contributed by atoms with E-state index < -0.39 is 18.3 Å². The van der Waals surface area contributed by atoms with E-state index in [1.807, 2.05) is 27.7 Å². The molecule has 0 bridgehead atoms. The Bertz CT molecular complexity index is 783. The number of nitrogens with zero attached hydrogens (tertiary/aromatic N) is 2. The van der Waals surface area contributed by atoms with Crippen LogP contribution in [0.15, 0.2) is 36.8 Å². The van der Waals surface area contributed by atoms with Crippen LogP contribution in [0, 0.1) is 0 Å². The zero-order chi connectivity index (χ0) is 18.2. The Kier molecular flexibility index (Phi) is 4.57. The Morgan fingerprint density at radius 2 is 1.84 bits per heavy atom. The fourth-order valence-electron chi connectivity index (χ4n) is 2.38. The van der Waals surface area contributed by atoms with Crippen LogP contribution in [-0.4, -0.2) is 34.2 Å². The molecule has 1 aliphatic rings. The van der Waals surface area contributed by atoms with Crippen LogP contribution in [0.5, 0.6) is 0 Å². The van der Waals surface area contributed by atoms with Crippen molar-refractivity contribution in [2.45, 2.75) is 38.9 Å². The molecule has 0 spiro atoms. The van der Waals surface area contributed by atoms with Crippen LogP contribution in [0.25, 0.3) is 0 Å². The Balaban J connectivity index is 1.83. The summed E-state index contributed by atoms with van der Waals surface area (Å²) in [4.78, 5) is 20.1. The fourth-order valence-corrected chi connectivity index (χ4v) is 2.59. The van der Waals surface area contributed by atoms with Gasteiger partial charge in [0.15, 0.2) is 0 Å². The number of amides is 1. The van der Waals surface area contributed by atoms with Crippen molar-refractivity contribution in [2.75, 3.05) is 5.32 Å². The molecule has 0 unspecified atom stereocenters. The van der Waals surface area contributed by atoms with Crippen molar-refractivity contribution < 1.29 is 14.1 Å². The Morgan fingerprint density at radius 3 is 2.44 bits per heavy atom. The minimum absolute atomic E-state index is 0.231. The van der Waals surface area contributed by atoms with Crippen molar-refractivity contribution in [1.29, 1.82) is 0 Å². The Morgan fingerprint density at radius 1 is 1.16 bits per heavy atom. The average molecular weight is 360 g/mol. The summed E-state index contributed by atoms with van der Waals surface area (Å²) >= 11 is 6.32. The molecule has 0 aliphatic carbocycles. The summed E-state index contributed by atoms with van der Waals surface area (Å²) in [6.45, 7) is 7.89. The van der Waals surface area contributed by atoms with Crippen LogP contribution in [0.1, 0.15) is 38.2 Å². The molecule has 1 saturated heterocycles. The lowest BCUT2D eigenvalue weighted by Crippen LogP contribution is -2.41. The predicted octanol–water partition coefficient (Wildman–Crippen LogP) is 2.68. The summed E-state index contributed by atoms with van der Waals surface area (Å²) < 4.78 is 12.1. The molecule has 6 nitrogen and oxygen atoms in total. The van der Waals surface area contributed by atoms with Gasteiger partial charge in [0.05, 0.1) is 17.4 Å². The number of carbonyl (C=O) groups excluding carboxylic acids is 1. The zero-order valence-corrected chi connectivity index (χ0v) is 15.3. The van der Waals surface area contributed by atoms with Crippen molar-refractivity contribution in [3.8, 4) is 0 Å². The molecule has 0 radical (unpaired) electrons. The molecule has 1 amide bonds. The van der Waals surface area contributed by atoms with Crippen molar-refractivity contribution in [3.63, 3.8) is 0 Å². The highest BCUT2D eigenvalue weighted by molar-refractivity contribution is 6.65. The van der Waals surface area contributed by atoms with Crippen molar-refractivity contribution in [2.24, 2.45) is 0 Å². The summed E-state index contributed by atoms with van der Waals surface area (Å²) in [5, 5.41) is 3.29. The normalized spacial score (nSPS) is 18.2. The second-order valence-corrected chi connectivity index (χ2v) is 7.28. The first-order valence-corrected chi connectivity index (χ1v) is 8.30. The minimum Gasteiger partial charge on any atom is -0.399 e. The number of benzene rings is 1. The molecule has 1 N–H and O–H groups in total. The Labute approximate surface area is 152 Å². The van der Waals surface area contributed by atoms with Gasteiger partial charge in [-0.2, -0.15) is 0 Å².